The molecule has 230 valence electrons. The molecule has 1 amide bonds. The number of thiocarbonyl (C=S) groups is 1. The number of hydrogen-bond donors (Lipinski definition) is 3. The third-order valence-electron chi connectivity index (χ3n) is 6.34. The molecule has 1 aliphatic heterocycles. The van der Waals surface area contributed by atoms with Crippen LogP contribution in [-0.2, 0) is 20.9 Å². The van der Waals surface area contributed by atoms with Gasteiger partial charge in [-0.25, -0.2) is 10.2 Å². The maximum atomic E-state index is 12.7. The van der Waals surface area contributed by atoms with Crippen molar-refractivity contribution >= 4 is 63.0 Å². The van der Waals surface area contributed by atoms with E-state index < -0.39 is 17.9 Å². The van der Waals surface area contributed by atoms with Gasteiger partial charge in [-0.2, -0.15) is 5.10 Å². The SMILES string of the molecule is CCOC(=O)C1=C(C)NC(=S)N[C@H]1c1ccccc1OCC(=O)NN=Cc1cc(OC)c(OCc2ccc(Cl)cc2)cc1Br. The minimum absolute atomic E-state index is 0.219. The van der Waals surface area contributed by atoms with Gasteiger partial charge in [-0.1, -0.05) is 41.9 Å². The van der Waals surface area contributed by atoms with Crippen LogP contribution >= 0.6 is 39.7 Å². The average Bonchev–Trinajstić information content (AvgIpc) is 3.00. The molecular weight excluding hydrogens is 672 g/mol. The number of allylic oxidation sites excluding steroid dienone is 1. The number of hydrogen-bond acceptors (Lipinski definition) is 8. The summed E-state index contributed by atoms with van der Waals surface area (Å²) in [5.74, 6) is 0.441. The lowest BCUT2D eigenvalue weighted by Gasteiger charge is -2.30. The van der Waals surface area contributed by atoms with E-state index in [0.717, 1.165) is 5.56 Å². The number of nitrogens with zero attached hydrogens (tertiary/aromatic N) is 1. The summed E-state index contributed by atoms with van der Waals surface area (Å²) in [7, 11) is 1.54. The number of carbonyl (C=O) groups excluding carboxylic acids is 2. The number of carbonyl (C=O) groups is 2. The molecule has 0 saturated carbocycles. The van der Waals surface area contributed by atoms with E-state index in [-0.39, 0.29) is 13.2 Å². The summed E-state index contributed by atoms with van der Waals surface area (Å²) in [6, 6.07) is 17.3. The fourth-order valence-electron chi connectivity index (χ4n) is 4.27. The largest absolute Gasteiger partial charge is 0.493 e. The van der Waals surface area contributed by atoms with E-state index in [1.165, 1.54) is 13.3 Å². The van der Waals surface area contributed by atoms with Crippen molar-refractivity contribution in [2.45, 2.75) is 26.5 Å². The Morgan fingerprint density at radius 2 is 1.84 bits per heavy atom. The number of ether oxygens (including phenoxy) is 4. The zero-order valence-electron chi connectivity index (χ0n) is 24.1. The van der Waals surface area contributed by atoms with Crippen LogP contribution in [-0.4, -0.2) is 43.5 Å². The zero-order valence-corrected chi connectivity index (χ0v) is 27.3. The standard InChI is InChI=1S/C31H30BrClN4O6S/c1-4-41-30(39)28-18(2)35-31(44)36-29(28)22-7-5-6-8-24(22)43-17-27(38)37-34-15-20-13-25(40-3)26(14-23(20)32)42-16-19-9-11-21(33)12-10-19/h5-15,29H,4,16-17H2,1-3H3,(H,37,38)(H2,35,36,44)/t29-/m0/s1. The number of halogens is 2. The van der Waals surface area contributed by atoms with E-state index in [1.807, 2.05) is 12.1 Å². The van der Waals surface area contributed by atoms with Crippen LogP contribution in [0, 0.1) is 0 Å². The fourth-order valence-corrected chi connectivity index (χ4v) is 5.09. The topological polar surface area (TPSA) is 120 Å². The lowest BCUT2D eigenvalue weighted by Crippen LogP contribution is -2.45. The highest BCUT2D eigenvalue weighted by atomic mass is 79.9. The molecule has 1 aliphatic rings. The molecule has 3 aromatic carbocycles. The highest BCUT2D eigenvalue weighted by Crippen LogP contribution is 2.35. The van der Waals surface area contributed by atoms with Crippen molar-refractivity contribution in [2.75, 3.05) is 20.3 Å². The molecule has 0 unspecified atom stereocenters. The van der Waals surface area contributed by atoms with Gasteiger partial charge in [-0.3, -0.25) is 4.79 Å². The first-order valence-electron chi connectivity index (χ1n) is 13.4. The van der Waals surface area contributed by atoms with Crippen LogP contribution in [0.5, 0.6) is 17.2 Å². The Labute approximate surface area is 273 Å². The van der Waals surface area contributed by atoms with Crippen LogP contribution in [0.2, 0.25) is 5.02 Å². The molecule has 0 radical (unpaired) electrons. The molecule has 0 fully saturated rings. The normalized spacial score (nSPS) is 14.5. The van der Waals surface area contributed by atoms with Crippen LogP contribution in [0.3, 0.4) is 0 Å². The first-order valence-corrected chi connectivity index (χ1v) is 15.0. The van der Waals surface area contributed by atoms with E-state index in [1.54, 1.807) is 62.4 Å². The van der Waals surface area contributed by atoms with Gasteiger partial charge in [0.1, 0.15) is 12.4 Å². The summed E-state index contributed by atoms with van der Waals surface area (Å²) in [6.07, 6.45) is 1.47. The maximum Gasteiger partial charge on any atom is 0.338 e. The van der Waals surface area contributed by atoms with Gasteiger partial charge < -0.3 is 29.6 Å². The van der Waals surface area contributed by atoms with Gasteiger partial charge >= 0.3 is 5.97 Å². The predicted octanol–water partition coefficient (Wildman–Crippen LogP) is 5.58. The minimum atomic E-state index is -0.634. The lowest BCUT2D eigenvalue weighted by atomic mass is 9.95. The van der Waals surface area contributed by atoms with Crippen molar-refractivity contribution in [1.82, 2.24) is 16.1 Å². The average molecular weight is 702 g/mol. The number of para-hydroxylation sites is 1. The molecule has 1 atom stereocenters. The highest BCUT2D eigenvalue weighted by molar-refractivity contribution is 9.10. The second-order valence-corrected chi connectivity index (χ2v) is 11.0. The molecule has 3 N–H and O–H groups in total. The van der Waals surface area contributed by atoms with Crippen molar-refractivity contribution in [3.05, 3.63) is 98.1 Å². The van der Waals surface area contributed by atoms with Crippen LogP contribution < -0.4 is 30.3 Å². The summed E-state index contributed by atoms with van der Waals surface area (Å²) in [5, 5.41) is 11.1. The minimum Gasteiger partial charge on any atom is -0.493 e. The third-order valence-corrected chi connectivity index (χ3v) is 7.50. The van der Waals surface area contributed by atoms with E-state index in [4.69, 9.17) is 42.8 Å². The van der Waals surface area contributed by atoms with Crippen molar-refractivity contribution in [1.29, 1.82) is 0 Å². The lowest BCUT2D eigenvalue weighted by molar-refractivity contribution is -0.139. The Bertz CT molecular complexity index is 1600. The van der Waals surface area contributed by atoms with Gasteiger partial charge in [0, 0.05) is 26.3 Å². The van der Waals surface area contributed by atoms with Crippen molar-refractivity contribution < 1.29 is 28.5 Å². The molecule has 10 nitrogen and oxygen atoms in total. The molecule has 4 rings (SSSR count). The van der Waals surface area contributed by atoms with Crippen LogP contribution in [0.1, 0.15) is 36.6 Å². The molecule has 13 heteroatoms. The van der Waals surface area contributed by atoms with Crippen LogP contribution in [0.25, 0.3) is 0 Å². The first-order chi connectivity index (χ1) is 21.2. The fraction of sp³-hybridized carbons (Fsp3) is 0.226. The molecular formula is C31H30BrClN4O6S. The Hall–Kier alpha value is -4.13. The smallest absolute Gasteiger partial charge is 0.338 e. The van der Waals surface area contributed by atoms with Crippen molar-refractivity contribution in [2.24, 2.45) is 5.10 Å². The van der Waals surface area contributed by atoms with Gasteiger partial charge in [-0.15, -0.1) is 0 Å². The monoisotopic (exact) mass is 700 g/mol. The third kappa shape index (κ3) is 8.49. The molecule has 3 aromatic rings. The second kappa shape index (κ2) is 15.6. The molecule has 0 bridgehead atoms. The van der Waals surface area contributed by atoms with Crippen molar-refractivity contribution in [3.63, 3.8) is 0 Å². The van der Waals surface area contributed by atoms with E-state index >= 15 is 0 Å². The Balaban J connectivity index is 1.39. The van der Waals surface area contributed by atoms with Gasteiger partial charge in [-0.05, 0) is 77.9 Å². The summed E-state index contributed by atoms with van der Waals surface area (Å²) < 4.78 is 23.2. The summed E-state index contributed by atoms with van der Waals surface area (Å²) in [5.41, 5.74) is 5.61. The number of amides is 1. The number of esters is 1. The summed E-state index contributed by atoms with van der Waals surface area (Å²) in [4.78, 5) is 25.4. The molecule has 0 saturated heterocycles. The molecule has 44 heavy (non-hydrogen) atoms. The Morgan fingerprint density at radius 1 is 1.09 bits per heavy atom. The summed E-state index contributed by atoms with van der Waals surface area (Å²) >= 11 is 14.8. The highest BCUT2D eigenvalue weighted by Gasteiger charge is 2.32. The van der Waals surface area contributed by atoms with Gasteiger partial charge in [0.15, 0.2) is 23.2 Å². The number of rotatable bonds is 12. The quantitative estimate of drug-likeness (QED) is 0.0964. The predicted molar refractivity (Wildman–Crippen MR) is 175 cm³/mol. The number of nitrogens with one attached hydrogen (secondary N) is 3. The first kappa shape index (κ1) is 32.8. The maximum absolute atomic E-state index is 12.7. The van der Waals surface area contributed by atoms with E-state index in [9.17, 15) is 9.59 Å². The van der Waals surface area contributed by atoms with Crippen LogP contribution in [0.15, 0.2) is 81.5 Å². The molecule has 0 aromatic heterocycles. The van der Waals surface area contributed by atoms with Crippen LogP contribution in [0.4, 0.5) is 0 Å². The van der Waals surface area contributed by atoms with Gasteiger partial charge in [0.2, 0.25) is 0 Å². The second-order valence-electron chi connectivity index (χ2n) is 9.35. The van der Waals surface area contributed by atoms with E-state index in [0.29, 0.717) is 60.9 Å². The molecule has 0 aliphatic carbocycles. The molecule has 0 spiro atoms. The van der Waals surface area contributed by atoms with Crippen molar-refractivity contribution in [3.8, 4) is 17.2 Å². The summed E-state index contributed by atoms with van der Waals surface area (Å²) in [6.45, 7) is 3.70. The number of methoxy groups -OCH3 is 1. The van der Waals surface area contributed by atoms with Gasteiger partial charge in [0.25, 0.3) is 5.91 Å². The van der Waals surface area contributed by atoms with E-state index in [2.05, 4.69) is 37.1 Å². The number of hydrazone groups is 1. The molecule has 1 heterocycles. The number of benzene rings is 3. The Morgan fingerprint density at radius 3 is 2.57 bits per heavy atom. The van der Waals surface area contributed by atoms with Gasteiger partial charge in [0.05, 0.1) is 31.5 Å². The zero-order chi connectivity index (χ0) is 31.6. The Kier molecular flexibility index (Phi) is 11.6.